The van der Waals surface area contributed by atoms with Gasteiger partial charge in [0.25, 0.3) is 0 Å². The van der Waals surface area contributed by atoms with Crippen LogP contribution < -0.4 is 30.1 Å². The fourth-order valence-corrected chi connectivity index (χ4v) is 6.09. The lowest BCUT2D eigenvalue weighted by molar-refractivity contribution is -0.137. The van der Waals surface area contributed by atoms with Crippen LogP contribution in [0.2, 0.25) is 0 Å². The third-order valence-corrected chi connectivity index (χ3v) is 9.65. The van der Waals surface area contributed by atoms with E-state index in [0.29, 0.717) is 29.8 Å². The van der Waals surface area contributed by atoms with Crippen molar-refractivity contribution in [2.45, 2.75) is 25.7 Å². The number of urea groups is 1. The number of halogens is 3. The first-order valence-electron chi connectivity index (χ1n) is 16.1. The molecule has 0 aliphatic carbocycles. The second-order valence-corrected chi connectivity index (χ2v) is 14.1. The molecule has 274 valence electrons. The Balaban J connectivity index is 1.05. The van der Waals surface area contributed by atoms with Gasteiger partial charge in [-0.05, 0) is 42.5 Å². The van der Waals surface area contributed by atoms with Crippen molar-refractivity contribution in [3.63, 3.8) is 0 Å². The molecule has 2 fully saturated rings. The molecule has 2 saturated heterocycles. The van der Waals surface area contributed by atoms with Gasteiger partial charge in [0.2, 0.25) is 21.9 Å². The molecule has 16 nitrogen and oxygen atoms in total. The molecule has 52 heavy (non-hydrogen) atoms. The molecule has 0 saturated carbocycles. The van der Waals surface area contributed by atoms with Crippen molar-refractivity contribution in [3.8, 4) is 0 Å². The lowest BCUT2D eigenvalue weighted by Crippen LogP contribution is -2.50. The number of hydrogen-bond acceptors (Lipinski definition) is 13. The third-order valence-electron chi connectivity index (χ3n) is 8.49. The van der Waals surface area contributed by atoms with E-state index >= 15 is 0 Å². The number of aromatic nitrogens is 5. The minimum Gasteiger partial charge on any atom is -0.369 e. The molecule has 3 amide bonds. The van der Waals surface area contributed by atoms with E-state index in [2.05, 4.69) is 50.9 Å². The standard InChI is InChI=1S/C32H35F3N12O4S/c1-44(52(2,50)51)29-21(4-3-12-36-29)18-37-28-25(32(33,34)35)19-38-30(41-28)39-22-5-8-24(9-6-22)46-16-14-45(15-17-46)20-23-7-10-26(43-42-23)47-13-11-27(48)40-31(47)49/h3-10,12,19H,11,13-18,20H2,1-2H3,(H,40,48,49)(H2,37,38,39,41). The lowest BCUT2D eigenvalue weighted by Gasteiger charge is -2.36. The van der Waals surface area contributed by atoms with Crippen molar-refractivity contribution in [2.24, 2.45) is 0 Å². The maximum absolute atomic E-state index is 13.9. The number of piperazine rings is 1. The van der Waals surface area contributed by atoms with Crippen molar-refractivity contribution in [2.75, 3.05) is 70.8 Å². The van der Waals surface area contributed by atoms with Gasteiger partial charge in [0.05, 0.1) is 11.9 Å². The Labute approximate surface area is 297 Å². The summed E-state index contributed by atoms with van der Waals surface area (Å²) in [5.41, 5.74) is 1.55. The molecule has 3 N–H and O–H groups in total. The van der Waals surface area contributed by atoms with Gasteiger partial charge < -0.3 is 15.5 Å². The molecule has 0 atom stereocenters. The van der Waals surface area contributed by atoms with Crippen LogP contribution in [0.3, 0.4) is 0 Å². The normalized spacial score (nSPS) is 15.7. The SMILES string of the molecule is CN(c1ncccc1CNc1nc(Nc2ccc(N3CCN(Cc4ccc(N5CCC(=O)NC5=O)nn4)CC3)cc2)ncc1C(F)(F)F)S(C)(=O)=O. The monoisotopic (exact) mass is 740 g/mol. The predicted octanol–water partition coefficient (Wildman–Crippen LogP) is 3.20. The van der Waals surface area contributed by atoms with E-state index < -0.39 is 33.6 Å². The average molecular weight is 741 g/mol. The van der Waals surface area contributed by atoms with Crippen LogP contribution in [0.15, 0.2) is 60.9 Å². The highest BCUT2D eigenvalue weighted by Gasteiger charge is 2.35. The van der Waals surface area contributed by atoms with Crippen molar-refractivity contribution in [1.29, 1.82) is 0 Å². The number of carbonyl (C=O) groups is 2. The topological polar surface area (TPSA) is 182 Å². The highest BCUT2D eigenvalue weighted by Crippen LogP contribution is 2.35. The molecule has 2 aliphatic rings. The minimum absolute atomic E-state index is 0.0676. The van der Waals surface area contributed by atoms with E-state index in [9.17, 15) is 31.2 Å². The number of carbonyl (C=O) groups excluding carboxylic acids is 2. The van der Waals surface area contributed by atoms with Crippen LogP contribution in [0.5, 0.6) is 0 Å². The van der Waals surface area contributed by atoms with E-state index in [1.807, 2.05) is 18.2 Å². The summed E-state index contributed by atoms with van der Waals surface area (Å²) >= 11 is 0. The largest absolute Gasteiger partial charge is 0.421 e. The number of nitrogens with zero attached hydrogens (tertiary/aromatic N) is 9. The summed E-state index contributed by atoms with van der Waals surface area (Å²) < 4.78 is 66.7. The number of nitrogens with one attached hydrogen (secondary N) is 3. The van der Waals surface area contributed by atoms with Gasteiger partial charge in [0.1, 0.15) is 17.2 Å². The van der Waals surface area contributed by atoms with E-state index in [-0.39, 0.29) is 37.2 Å². The molecule has 1 aromatic carbocycles. The fraction of sp³-hybridized carbons (Fsp3) is 0.344. The van der Waals surface area contributed by atoms with Gasteiger partial charge in [-0.15, -0.1) is 5.10 Å². The summed E-state index contributed by atoms with van der Waals surface area (Å²) in [7, 11) is -2.36. The zero-order valence-corrected chi connectivity index (χ0v) is 28.9. The number of benzene rings is 1. The Bertz CT molecular complexity index is 2030. The first kappa shape index (κ1) is 36.2. The molecule has 5 heterocycles. The molecule has 2 aliphatic heterocycles. The molecule has 0 unspecified atom stereocenters. The summed E-state index contributed by atoms with van der Waals surface area (Å²) in [4.78, 5) is 41.4. The molecule has 0 radical (unpaired) electrons. The Morgan fingerprint density at radius 1 is 0.962 bits per heavy atom. The lowest BCUT2D eigenvalue weighted by atomic mass is 10.2. The highest BCUT2D eigenvalue weighted by atomic mass is 32.2. The summed E-state index contributed by atoms with van der Waals surface area (Å²) in [6.07, 6.45) is -1.46. The summed E-state index contributed by atoms with van der Waals surface area (Å²) in [6.45, 7) is 3.67. The van der Waals surface area contributed by atoms with Crippen LogP contribution in [0.1, 0.15) is 23.2 Å². The number of hydrogen-bond donors (Lipinski definition) is 3. The molecule has 3 aromatic heterocycles. The number of amides is 3. The van der Waals surface area contributed by atoms with Gasteiger partial charge in [-0.1, -0.05) is 6.07 Å². The Morgan fingerprint density at radius 2 is 1.71 bits per heavy atom. The summed E-state index contributed by atoms with van der Waals surface area (Å²) in [5, 5.41) is 16.4. The van der Waals surface area contributed by atoms with Crippen LogP contribution in [0, 0.1) is 0 Å². The highest BCUT2D eigenvalue weighted by molar-refractivity contribution is 7.92. The second-order valence-electron chi connectivity index (χ2n) is 12.1. The van der Waals surface area contributed by atoms with Crippen LogP contribution in [0.25, 0.3) is 0 Å². The minimum atomic E-state index is -4.75. The van der Waals surface area contributed by atoms with Crippen LogP contribution in [-0.2, 0) is 34.1 Å². The maximum Gasteiger partial charge on any atom is 0.421 e. The quantitative estimate of drug-likeness (QED) is 0.204. The van der Waals surface area contributed by atoms with E-state index in [0.717, 1.165) is 48.1 Å². The van der Waals surface area contributed by atoms with Gasteiger partial charge in [-0.3, -0.25) is 24.2 Å². The average Bonchev–Trinajstić information content (AvgIpc) is 3.11. The van der Waals surface area contributed by atoms with E-state index in [1.54, 1.807) is 30.3 Å². The van der Waals surface area contributed by atoms with Gasteiger partial charge in [0, 0.05) is 88.6 Å². The molecule has 6 rings (SSSR count). The van der Waals surface area contributed by atoms with Gasteiger partial charge in [-0.2, -0.15) is 23.3 Å². The predicted molar refractivity (Wildman–Crippen MR) is 187 cm³/mol. The zero-order chi connectivity index (χ0) is 37.0. The van der Waals surface area contributed by atoms with Gasteiger partial charge in [-0.25, -0.2) is 23.2 Å². The number of rotatable bonds is 11. The molecule has 20 heteroatoms. The molecular weight excluding hydrogens is 705 g/mol. The van der Waals surface area contributed by atoms with Crippen molar-refractivity contribution in [3.05, 3.63) is 77.7 Å². The molecule has 4 aromatic rings. The zero-order valence-electron chi connectivity index (χ0n) is 28.1. The summed E-state index contributed by atoms with van der Waals surface area (Å²) in [5.74, 6) is -0.404. The number of anilines is 6. The van der Waals surface area contributed by atoms with Crippen molar-refractivity contribution < 1.29 is 31.2 Å². The first-order chi connectivity index (χ1) is 24.7. The van der Waals surface area contributed by atoms with Crippen LogP contribution >= 0.6 is 0 Å². The Kier molecular flexibility index (Phi) is 10.4. The van der Waals surface area contributed by atoms with Gasteiger partial charge >= 0.3 is 12.2 Å². The Hall–Kier alpha value is -5.63. The third kappa shape index (κ3) is 8.62. The maximum atomic E-state index is 13.9. The first-order valence-corrected chi connectivity index (χ1v) is 17.9. The van der Waals surface area contributed by atoms with Gasteiger partial charge in [0.15, 0.2) is 5.82 Å². The second kappa shape index (κ2) is 14.9. The Morgan fingerprint density at radius 3 is 2.37 bits per heavy atom. The number of imide groups is 1. The number of sulfonamides is 1. The number of pyridine rings is 1. The van der Waals surface area contributed by atoms with Crippen molar-refractivity contribution in [1.82, 2.24) is 35.4 Å². The molecular formula is C32H35F3N12O4S. The van der Waals surface area contributed by atoms with Crippen LogP contribution in [-0.4, -0.2) is 96.4 Å². The molecule has 0 bridgehead atoms. The summed E-state index contributed by atoms with van der Waals surface area (Å²) in [6, 6.07) is 13.5. The van der Waals surface area contributed by atoms with Crippen molar-refractivity contribution >= 4 is 56.7 Å². The van der Waals surface area contributed by atoms with E-state index in [1.165, 1.54) is 18.1 Å². The fourth-order valence-electron chi connectivity index (χ4n) is 5.61. The van der Waals surface area contributed by atoms with Crippen LogP contribution in [0.4, 0.5) is 52.7 Å². The van der Waals surface area contributed by atoms with E-state index in [4.69, 9.17) is 0 Å². The smallest absolute Gasteiger partial charge is 0.369 e. The number of alkyl halides is 3. The molecule has 0 spiro atoms.